The molecule has 1 aromatic carbocycles. The molecule has 0 radical (unpaired) electrons. The molecular formula is C13H13NO2S. The lowest BCUT2D eigenvalue weighted by Gasteiger charge is -2.02. The van der Waals surface area contributed by atoms with Crippen LogP contribution < -0.4 is 5.32 Å². The molecule has 0 fully saturated rings. The van der Waals surface area contributed by atoms with Gasteiger partial charge < -0.3 is 10.4 Å². The van der Waals surface area contributed by atoms with Crippen molar-refractivity contribution in [3.8, 4) is 0 Å². The molecule has 2 N–H and O–H groups in total. The Morgan fingerprint density at radius 2 is 2.24 bits per heavy atom. The van der Waals surface area contributed by atoms with E-state index >= 15 is 0 Å². The molecule has 3 nitrogen and oxygen atoms in total. The minimum Gasteiger partial charge on any atom is -0.477 e. The minimum atomic E-state index is -0.860. The number of carbonyl (C=O) groups is 1. The van der Waals surface area contributed by atoms with Crippen molar-refractivity contribution >= 4 is 27.4 Å². The highest BCUT2D eigenvalue weighted by Crippen LogP contribution is 2.31. The van der Waals surface area contributed by atoms with E-state index in [2.05, 4.69) is 11.9 Å². The SMILES string of the molecule is C=CCNCc1c(C(=O)O)sc2ccccc12. The number of nitrogens with one attached hydrogen (secondary N) is 1. The number of carboxylic acids is 1. The van der Waals surface area contributed by atoms with Crippen LogP contribution in [0.4, 0.5) is 0 Å². The van der Waals surface area contributed by atoms with E-state index in [4.69, 9.17) is 0 Å². The third kappa shape index (κ3) is 2.38. The van der Waals surface area contributed by atoms with Crippen molar-refractivity contribution in [2.24, 2.45) is 0 Å². The largest absolute Gasteiger partial charge is 0.477 e. The molecule has 0 atom stereocenters. The standard InChI is InChI=1S/C13H13NO2S/c1-2-7-14-8-10-9-5-3-4-6-11(9)17-12(10)13(15)16/h2-6,14H,1,7-8H2,(H,15,16). The van der Waals surface area contributed by atoms with E-state index in [0.717, 1.165) is 15.6 Å². The lowest BCUT2D eigenvalue weighted by atomic mass is 10.1. The maximum atomic E-state index is 11.2. The molecule has 4 heteroatoms. The summed E-state index contributed by atoms with van der Waals surface area (Å²) in [5.74, 6) is -0.860. The summed E-state index contributed by atoms with van der Waals surface area (Å²) >= 11 is 1.32. The molecule has 0 aliphatic carbocycles. The Balaban J connectivity index is 2.44. The fraction of sp³-hybridized carbons (Fsp3) is 0.154. The summed E-state index contributed by atoms with van der Waals surface area (Å²) in [6.07, 6.45) is 1.76. The summed E-state index contributed by atoms with van der Waals surface area (Å²) in [5.41, 5.74) is 0.861. The van der Waals surface area contributed by atoms with Gasteiger partial charge in [-0.25, -0.2) is 4.79 Å². The third-order valence-corrected chi connectivity index (χ3v) is 3.68. The van der Waals surface area contributed by atoms with Crippen molar-refractivity contribution in [1.29, 1.82) is 0 Å². The zero-order valence-electron chi connectivity index (χ0n) is 9.27. The highest BCUT2D eigenvalue weighted by Gasteiger charge is 2.16. The predicted molar refractivity (Wildman–Crippen MR) is 70.7 cm³/mol. The first-order valence-corrected chi connectivity index (χ1v) is 6.11. The van der Waals surface area contributed by atoms with Crippen LogP contribution in [0.2, 0.25) is 0 Å². The van der Waals surface area contributed by atoms with E-state index in [0.29, 0.717) is 18.0 Å². The van der Waals surface area contributed by atoms with Crippen molar-refractivity contribution in [3.05, 3.63) is 47.4 Å². The first kappa shape index (κ1) is 11.8. The molecule has 0 amide bonds. The number of benzene rings is 1. The van der Waals surface area contributed by atoms with Gasteiger partial charge in [0.1, 0.15) is 4.88 Å². The lowest BCUT2D eigenvalue weighted by molar-refractivity contribution is 0.0701. The average molecular weight is 247 g/mol. The van der Waals surface area contributed by atoms with E-state index < -0.39 is 5.97 Å². The number of hydrogen-bond donors (Lipinski definition) is 2. The number of fused-ring (bicyclic) bond motifs is 1. The Bertz CT molecular complexity index is 560. The molecule has 1 heterocycles. The van der Waals surface area contributed by atoms with Gasteiger partial charge >= 0.3 is 5.97 Å². The van der Waals surface area contributed by atoms with Crippen LogP contribution in [-0.2, 0) is 6.54 Å². The van der Waals surface area contributed by atoms with Crippen LogP contribution in [0.5, 0.6) is 0 Å². The second-order valence-electron chi connectivity index (χ2n) is 3.63. The summed E-state index contributed by atoms with van der Waals surface area (Å²) in [4.78, 5) is 11.6. The van der Waals surface area contributed by atoms with Gasteiger partial charge in [-0.05, 0) is 17.0 Å². The fourth-order valence-corrected chi connectivity index (χ4v) is 2.81. The highest BCUT2D eigenvalue weighted by atomic mass is 32.1. The van der Waals surface area contributed by atoms with Crippen LogP contribution in [0, 0.1) is 0 Å². The molecule has 17 heavy (non-hydrogen) atoms. The second kappa shape index (κ2) is 5.12. The number of aromatic carboxylic acids is 1. The Morgan fingerprint density at radius 3 is 2.94 bits per heavy atom. The molecule has 0 unspecified atom stereocenters. The third-order valence-electron chi connectivity index (χ3n) is 2.48. The van der Waals surface area contributed by atoms with Crippen LogP contribution in [-0.4, -0.2) is 17.6 Å². The molecule has 2 rings (SSSR count). The van der Waals surface area contributed by atoms with E-state index in [-0.39, 0.29) is 0 Å². The van der Waals surface area contributed by atoms with E-state index in [1.807, 2.05) is 24.3 Å². The fourth-order valence-electron chi connectivity index (χ4n) is 1.75. The monoisotopic (exact) mass is 247 g/mol. The Labute approximate surface area is 103 Å². The molecule has 88 valence electrons. The Hall–Kier alpha value is -1.65. The maximum absolute atomic E-state index is 11.2. The molecule has 0 bridgehead atoms. The summed E-state index contributed by atoms with van der Waals surface area (Å²) < 4.78 is 1.01. The van der Waals surface area contributed by atoms with Gasteiger partial charge in [-0.3, -0.25) is 0 Å². The lowest BCUT2D eigenvalue weighted by Crippen LogP contribution is -2.14. The molecule has 1 aromatic heterocycles. The van der Waals surface area contributed by atoms with Gasteiger partial charge in [0.2, 0.25) is 0 Å². The maximum Gasteiger partial charge on any atom is 0.346 e. The first-order valence-electron chi connectivity index (χ1n) is 5.29. The summed E-state index contributed by atoms with van der Waals surface area (Å²) in [6, 6.07) is 7.76. The Morgan fingerprint density at radius 1 is 1.47 bits per heavy atom. The first-order chi connectivity index (χ1) is 8.24. The normalized spacial score (nSPS) is 10.6. The quantitative estimate of drug-likeness (QED) is 0.631. The molecule has 0 aliphatic heterocycles. The van der Waals surface area contributed by atoms with Crippen LogP contribution in [0.15, 0.2) is 36.9 Å². The van der Waals surface area contributed by atoms with Gasteiger partial charge in [0, 0.05) is 17.8 Å². The van der Waals surface area contributed by atoms with Crippen molar-refractivity contribution in [2.75, 3.05) is 6.54 Å². The highest BCUT2D eigenvalue weighted by molar-refractivity contribution is 7.21. The van der Waals surface area contributed by atoms with Gasteiger partial charge in [0.15, 0.2) is 0 Å². The zero-order valence-corrected chi connectivity index (χ0v) is 10.1. The van der Waals surface area contributed by atoms with E-state index in [1.165, 1.54) is 11.3 Å². The molecule has 0 spiro atoms. The van der Waals surface area contributed by atoms with Crippen molar-refractivity contribution in [2.45, 2.75) is 6.54 Å². The molecule has 2 aromatic rings. The number of rotatable bonds is 5. The summed E-state index contributed by atoms with van der Waals surface area (Å²) in [7, 11) is 0. The summed E-state index contributed by atoms with van der Waals surface area (Å²) in [5, 5.41) is 13.4. The van der Waals surface area contributed by atoms with E-state index in [1.54, 1.807) is 6.08 Å². The second-order valence-corrected chi connectivity index (χ2v) is 4.68. The van der Waals surface area contributed by atoms with Crippen LogP contribution in [0.1, 0.15) is 15.2 Å². The van der Waals surface area contributed by atoms with Gasteiger partial charge in [-0.1, -0.05) is 24.3 Å². The van der Waals surface area contributed by atoms with Crippen molar-refractivity contribution in [3.63, 3.8) is 0 Å². The molecule has 0 aliphatic rings. The van der Waals surface area contributed by atoms with Gasteiger partial charge in [-0.15, -0.1) is 17.9 Å². The van der Waals surface area contributed by atoms with Gasteiger partial charge in [0.25, 0.3) is 0 Å². The minimum absolute atomic E-state index is 0.419. The molecular weight excluding hydrogens is 234 g/mol. The predicted octanol–water partition coefficient (Wildman–Crippen LogP) is 2.88. The topological polar surface area (TPSA) is 49.3 Å². The van der Waals surface area contributed by atoms with Gasteiger partial charge in [0.05, 0.1) is 0 Å². The molecule has 0 saturated carbocycles. The number of thiophene rings is 1. The van der Waals surface area contributed by atoms with Crippen molar-refractivity contribution in [1.82, 2.24) is 5.32 Å². The van der Waals surface area contributed by atoms with Crippen LogP contribution in [0.3, 0.4) is 0 Å². The van der Waals surface area contributed by atoms with Crippen LogP contribution >= 0.6 is 11.3 Å². The number of carboxylic acid groups (broad SMARTS) is 1. The van der Waals surface area contributed by atoms with Crippen molar-refractivity contribution < 1.29 is 9.90 Å². The average Bonchev–Trinajstić information content (AvgIpc) is 2.69. The van der Waals surface area contributed by atoms with Crippen LogP contribution in [0.25, 0.3) is 10.1 Å². The van der Waals surface area contributed by atoms with E-state index in [9.17, 15) is 9.90 Å². The van der Waals surface area contributed by atoms with Gasteiger partial charge in [-0.2, -0.15) is 0 Å². The molecule has 0 saturated heterocycles. The Kier molecular flexibility index (Phi) is 3.56. The zero-order chi connectivity index (χ0) is 12.3. The number of hydrogen-bond acceptors (Lipinski definition) is 3. The summed E-state index contributed by atoms with van der Waals surface area (Å²) in [6.45, 7) is 4.85. The smallest absolute Gasteiger partial charge is 0.346 e.